The average Bonchev–Trinajstić information content (AvgIpc) is 3.25. The molecule has 3 aromatic rings. The van der Waals surface area contributed by atoms with Crippen molar-refractivity contribution in [2.45, 2.75) is 18.9 Å². The lowest BCUT2D eigenvalue weighted by Gasteiger charge is -2.17. The highest BCUT2D eigenvalue weighted by molar-refractivity contribution is 6.31. The fourth-order valence-corrected chi connectivity index (χ4v) is 3.29. The van der Waals surface area contributed by atoms with Crippen LogP contribution in [0.5, 0.6) is 0 Å². The fourth-order valence-electron chi connectivity index (χ4n) is 3.06. The number of aromatic nitrogens is 2. The third-order valence-corrected chi connectivity index (χ3v) is 4.84. The summed E-state index contributed by atoms with van der Waals surface area (Å²) < 4.78 is 31.5. The monoisotopic (exact) mass is 389 g/mol. The Balaban J connectivity index is 1.48. The number of carbonyl (C=O) groups excluding carboxylic acids is 1. The first-order chi connectivity index (χ1) is 13.0. The molecule has 0 aliphatic carbocycles. The van der Waals surface area contributed by atoms with Gasteiger partial charge in [-0.05, 0) is 42.0 Å². The van der Waals surface area contributed by atoms with Crippen molar-refractivity contribution < 1.29 is 18.1 Å². The number of amides is 1. The zero-order valence-corrected chi connectivity index (χ0v) is 14.8. The minimum atomic E-state index is -0.423. The molecule has 8 heteroatoms. The van der Waals surface area contributed by atoms with Crippen molar-refractivity contribution in [1.82, 2.24) is 15.0 Å². The molecule has 5 nitrogen and oxygen atoms in total. The Bertz CT molecular complexity index is 991. The number of benzene rings is 2. The summed E-state index contributed by atoms with van der Waals surface area (Å²) in [5.74, 6) is -0.374. The standard InChI is InChI=1S/C19H14ClF2N3O2/c20-16-8-15(22)6-3-12(16)9-25-10-13(7-17(25)26)19-23-18(24-27-19)11-1-4-14(21)5-2-11/h1-6,8,13H,7,9-10H2. The zero-order chi connectivity index (χ0) is 19.0. The molecule has 1 aliphatic rings. The Morgan fingerprint density at radius 1 is 1.15 bits per heavy atom. The van der Waals surface area contributed by atoms with Crippen LogP contribution in [0.3, 0.4) is 0 Å². The summed E-state index contributed by atoms with van der Waals surface area (Å²) >= 11 is 6.05. The molecular weight excluding hydrogens is 376 g/mol. The molecule has 1 fully saturated rings. The SMILES string of the molecule is O=C1CC(c2nc(-c3ccc(F)cc3)no2)CN1Cc1ccc(F)cc1Cl. The minimum Gasteiger partial charge on any atom is -0.339 e. The van der Waals surface area contributed by atoms with E-state index in [1.165, 1.54) is 24.3 Å². The lowest BCUT2D eigenvalue weighted by Crippen LogP contribution is -2.24. The molecule has 2 aromatic carbocycles. The summed E-state index contributed by atoms with van der Waals surface area (Å²) in [6, 6.07) is 9.86. The van der Waals surface area contributed by atoms with Gasteiger partial charge in [-0.3, -0.25) is 4.79 Å². The quantitative estimate of drug-likeness (QED) is 0.671. The lowest BCUT2D eigenvalue weighted by molar-refractivity contribution is -0.128. The summed E-state index contributed by atoms with van der Waals surface area (Å²) in [5.41, 5.74) is 1.30. The molecule has 0 bridgehead atoms. The van der Waals surface area contributed by atoms with E-state index < -0.39 is 5.82 Å². The third kappa shape index (κ3) is 3.68. The molecule has 4 rings (SSSR count). The van der Waals surface area contributed by atoms with E-state index in [0.29, 0.717) is 29.4 Å². The molecular formula is C19H14ClF2N3O2. The van der Waals surface area contributed by atoms with Crippen LogP contribution in [0, 0.1) is 11.6 Å². The summed E-state index contributed by atoms with van der Waals surface area (Å²) in [6.07, 6.45) is 0.240. The number of rotatable bonds is 4. The van der Waals surface area contributed by atoms with E-state index >= 15 is 0 Å². The van der Waals surface area contributed by atoms with Gasteiger partial charge in [-0.2, -0.15) is 4.98 Å². The highest BCUT2D eigenvalue weighted by atomic mass is 35.5. The van der Waals surface area contributed by atoms with E-state index in [1.807, 2.05) is 0 Å². The first kappa shape index (κ1) is 17.6. The van der Waals surface area contributed by atoms with Crippen LogP contribution in [0.15, 0.2) is 47.0 Å². The smallest absolute Gasteiger partial charge is 0.232 e. The molecule has 138 valence electrons. The summed E-state index contributed by atoms with van der Waals surface area (Å²) in [5, 5.41) is 4.20. The van der Waals surface area contributed by atoms with Crippen molar-refractivity contribution in [1.29, 1.82) is 0 Å². The second-order valence-electron chi connectivity index (χ2n) is 6.37. The number of hydrogen-bond acceptors (Lipinski definition) is 4. The van der Waals surface area contributed by atoms with Gasteiger partial charge in [0.1, 0.15) is 11.6 Å². The molecule has 1 saturated heterocycles. The summed E-state index contributed by atoms with van der Waals surface area (Å²) in [7, 11) is 0. The van der Waals surface area contributed by atoms with Crippen LogP contribution in [0.25, 0.3) is 11.4 Å². The van der Waals surface area contributed by atoms with E-state index in [0.717, 1.165) is 0 Å². The molecule has 27 heavy (non-hydrogen) atoms. The van der Waals surface area contributed by atoms with Crippen molar-refractivity contribution in [3.05, 3.63) is 70.6 Å². The van der Waals surface area contributed by atoms with Crippen molar-refractivity contribution in [3.63, 3.8) is 0 Å². The second kappa shape index (κ2) is 7.08. The first-order valence-electron chi connectivity index (χ1n) is 8.31. The van der Waals surface area contributed by atoms with Gasteiger partial charge in [0.25, 0.3) is 0 Å². The largest absolute Gasteiger partial charge is 0.339 e. The van der Waals surface area contributed by atoms with Gasteiger partial charge in [0, 0.05) is 30.1 Å². The van der Waals surface area contributed by atoms with Crippen LogP contribution in [-0.4, -0.2) is 27.5 Å². The maximum Gasteiger partial charge on any atom is 0.232 e. The third-order valence-electron chi connectivity index (χ3n) is 4.48. The van der Waals surface area contributed by atoms with Crippen LogP contribution < -0.4 is 0 Å². The van der Waals surface area contributed by atoms with Crippen molar-refractivity contribution >= 4 is 17.5 Å². The normalized spacial score (nSPS) is 16.9. The lowest BCUT2D eigenvalue weighted by atomic mass is 10.1. The molecule has 2 heterocycles. The summed E-state index contributed by atoms with van der Waals surface area (Å²) in [4.78, 5) is 18.3. The van der Waals surface area contributed by atoms with E-state index in [4.69, 9.17) is 16.1 Å². The van der Waals surface area contributed by atoms with Gasteiger partial charge in [0.2, 0.25) is 17.6 Å². The van der Waals surface area contributed by atoms with Crippen molar-refractivity contribution in [2.24, 2.45) is 0 Å². The van der Waals surface area contributed by atoms with Crippen LogP contribution in [0.2, 0.25) is 5.02 Å². The molecule has 0 spiro atoms. The number of hydrogen-bond donors (Lipinski definition) is 0. The highest BCUT2D eigenvalue weighted by Gasteiger charge is 2.34. The highest BCUT2D eigenvalue weighted by Crippen LogP contribution is 2.30. The van der Waals surface area contributed by atoms with Gasteiger partial charge in [-0.15, -0.1) is 0 Å². The van der Waals surface area contributed by atoms with E-state index in [9.17, 15) is 13.6 Å². The molecule has 1 aliphatic heterocycles. The van der Waals surface area contributed by atoms with Crippen LogP contribution in [0.1, 0.15) is 23.8 Å². The van der Waals surface area contributed by atoms with Crippen molar-refractivity contribution in [3.8, 4) is 11.4 Å². The van der Waals surface area contributed by atoms with Crippen LogP contribution in [-0.2, 0) is 11.3 Å². The van der Waals surface area contributed by atoms with Gasteiger partial charge >= 0.3 is 0 Å². The number of nitrogens with zero attached hydrogens (tertiary/aromatic N) is 3. The number of carbonyl (C=O) groups is 1. The van der Waals surface area contributed by atoms with E-state index in [-0.39, 0.29) is 35.6 Å². The fraction of sp³-hybridized carbons (Fsp3) is 0.211. The Morgan fingerprint density at radius 2 is 1.89 bits per heavy atom. The second-order valence-corrected chi connectivity index (χ2v) is 6.78. The maximum absolute atomic E-state index is 13.2. The van der Waals surface area contributed by atoms with Crippen molar-refractivity contribution in [2.75, 3.05) is 6.54 Å². The molecule has 1 amide bonds. The van der Waals surface area contributed by atoms with Gasteiger partial charge in [0.15, 0.2) is 0 Å². The molecule has 0 saturated carbocycles. The number of halogens is 3. The van der Waals surface area contributed by atoms with E-state index in [2.05, 4.69) is 10.1 Å². The van der Waals surface area contributed by atoms with Gasteiger partial charge in [-0.1, -0.05) is 22.8 Å². The van der Waals surface area contributed by atoms with Gasteiger partial charge < -0.3 is 9.42 Å². The molecule has 0 N–H and O–H groups in total. The Hall–Kier alpha value is -2.80. The zero-order valence-electron chi connectivity index (χ0n) is 14.0. The minimum absolute atomic E-state index is 0.0677. The molecule has 1 unspecified atom stereocenters. The molecule has 1 aromatic heterocycles. The topological polar surface area (TPSA) is 59.2 Å². The van der Waals surface area contributed by atoms with Crippen LogP contribution in [0.4, 0.5) is 8.78 Å². The Morgan fingerprint density at radius 3 is 2.63 bits per heavy atom. The van der Waals surface area contributed by atoms with Crippen LogP contribution >= 0.6 is 11.6 Å². The first-order valence-corrected chi connectivity index (χ1v) is 8.68. The Labute approximate surface area is 158 Å². The Kier molecular flexibility index (Phi) is 4.61. The summed E-state index contributed by atoms with van der Waals surface area (Å²) in [6.45, 7) is 0.686. The molecule has 0 radical (unpaired) electrons. The predicted molar refractivity (Wildman–Crippen MR) is 93.9 cm³/mol. The number of likely N-dealkylation sites (tertiary alicyclic amines) is 1. The van der Waals surface area contributed by atoms with E-state index in [1.54, 1.807) is 23.1 Å². The molecule has 1 atom stereocenters. The van der Waals surface area contributed by atoms with Gasteiger partial charge in [0.05, 0.1) is 5.92 Å². The maximum atomic E-state index is 13.2. The average molecular weight is 390 g/mol. The van der Waals surface area contributed by atoms with Gasteiger partial charge in [-0.25, -0.2) is 8.78 Å². The predicted octanol–water partition coefficient (Wildman–Crippen LogP) is 4.18.